The van der Waals surface area contributed by atoms with Gasteiger partial charge in [0.1, 0.15) is 0 Å². The van der Waals surface area contributed by atoms with E-state index in [9.17, 15) is 4.79 Å². The van der Waals surface area contributed by atoms with Gasteiger partial charge in [0.2, 0.25) is 0 Å². The number of nitrogens with two attached hydrogens (primary N) is 1. The molecule has 92 valence electrons. The molecule has 1 fully saturated rings. The molecule has 3 nitrogen and oxygen atoms in total. The van der Waals surface area contributed by atoms with Crippen LogP contribution in [-0.2, 0) is 0 Å². The van der Waals surface area contributed by atoms with Crippen molar-refractivity contribution in [3.05, 3.63) is 34.9 Å². The molecule has 0 spiro atoms. The van der Waals surface area contributed by atoms with E-state index in [-0.39, 0.29) is 11.8 Å². The fraction of sp³-hybridized carbons (Fsp3) is 0.462. The molecule has 1 aliphatic rings. The monoisotopic (exact) mass is 252 g/mol. The van der Waals surface area contributed by atoms with Crippen LogP contribution >= 0.6 is 11.6 Å². The van der Waals surface area contributed by atoms with Crippen LogP contribution in [0.4, 0.5) is 0 Å². The number of halogens is 1. The highest BCUT2D eigenvalue weighted by atomic mass is 35.5. The van der Waals surface area contributed by atoms with Crippen molar-refractivity contribution in [3.8, 4) is 0 Å². The molecular weight excluding hydrogens is 236 g/mol. The van der Waals surface area contributed by atoms with Crippen LogP contribution in [0.15, 0.2) is 24.3 Å². The van der Waals surface area contributed by atoms with Crippen molar-refractivity contribution in [3.63, 3.8) is 0 Å². The summed E-state index contributed by atoms with van der Waals surface area (Å²) >= 11 is 5.79. The smallest absolute Gasteiger partial charge is 0.176 e. The number of carbonyl (C=O) groups is 1. The second kappa shape index (κ2) is 5.63. The molecule has 2 N–H and O–H groups in total. The summed E-state index contributed by atoms with van der Waals surface area (Å²) in [7, 11) is 0. The molecule has 1 heterocycles. The van der Waals surface area contributed by atoms with E-state index in [4.69, 9.17) is 17.3 Å². The lowest BCUT2D eigenvalue weighted by molar-refractivity contribution is 0.0908. The van der Waals surface area contributed by atoms with Crippen molar-refractivity contribution in [1.29, 1.82) is 0 Å². The number of rotatable bonds is 3. The molecule has 4 heteroatoms. The van der Waals surface area contributed by atoms with Crippen molar-refractivity contribution in [2.75, 3.05) is 19.6 Å². The average Bonchev–Trinajstić information content (AvgIpc) is 2.29. The third-order valence-electron chi connectivity index (χ3n) is 3.08. The van der Waals surface area contributed by atoms with Crippen LogP contribution in [0, 0.1) is 0 Å². The maximum Gasteiger partial charge on any atom is 0.176 e. The van der Waals surface area contributed by atoms with Gasteiger partial charge < -0.3 is 5.73 Å². The van der Waals surface area contributed by atoms with Gasteiger partial charge in [0.15, 0.2) is 5.78 Å². The third kappa shape index (κ3) is 3.53. The average molecular weight is 253 g/mol. The van der Waals surface area contributed by atoms with E-state index in [0.717, 1.165) is 25.9 Å². The third-order valence-corrected chi connectivity index (χ3v) is 3.33. The van der Waals surface area contributed by atoms with Gasteiger partial charge in [-0.25, -0.2) is 0 Å². The van der Waals surface area contributed by atoms with Gasteiger partial charge in [-0.3, -0.25) is 9.69 Å². The molecule has 0 unspecified atom stereocenters. The molecule has 0 bridgehead atoms. The second-order valence-electron chi connectivity index (χ2n) is 4.57. The molecule has 0 saturated carbocycles. The number of Topliss-reactive ketones (excluding diaryl/α,β-unsaturated/α-hetero) is 1. The Labute approximate surface area is 107 Å². The Morgan fingerprint density at radius 3 is 2.76 bits per heavy atom. The van der Waals surface area contributed by atoms with Gasteiger partial charge in [-0.15, -0.1) is 0 Å². The number of likely N-dealkylation sites (tertiary alicyclic amines) is 1. The Balaban J connectivity index is 1.94. The number of ketones is 1. The molecule has 1 atom stereocenters. The Bertz CT molecular complexity index is 391. The van der Waals surface area contributed by atoms with E-state index in [0.29, 0.717) is 17.1 Å². The normalized spacial score (nSPS) is 21.4. The Hall–Kier alpha value is -0.900. The maximum absolute atomic E-state index is 12.0. The largest absolute Gasteiger partial charge is 0.327 e. The number of piperidine rings is 1. The second-order valence-corrected chi connectivity index (χ2v) is 5.00. The van der Waals surface area contributed by atoms with Crippen LogP contribution in [0.1, 0.15) is 23.2 Å². The predicted octanol–water partition coefficient (Wildman–Crippen LogP) is 1.95. The fourth-order valence-corrected chi connectivity index (χ4v) is 2.29. The minimum absolute atomic E-state index is 0.135. The zero-order valence-corrected chi connectivity index (χ0v) is 10.5. The molecule has 0 aliphatic carbocycles. The maximum atomic E-state index is 12.0. The summed E-state index contributed by atoms with van der Waals surface area (Å²) in [5, 5.41) is 0.654. The van der Waals surface area contributed by atoms with Gasteiger partial charge in [-0.2, -0.15) is 0 Å². The quantitative estimate of drug-likeness (QED) is 0.837. The fourth-order valence-electron chi connectivity index (χ4n) is 2.17. The van der Waals surface area contributed by atoms with Crippen molar-refractivity contribution in [1.82, 2.24) is 4.90 Å². The molecule has 1 saturated heterocycles. The van der Waals surface area contributed by atoms with Crippen LogP contribution in [0.25, 0.3) is 0 Å². The van der Waals surface area contributed by atoms with Crippen molar-refractivity contribution < 1.29 is 4.79 Å². The lowest BCUT2D eigenvalue weighted by atomic mass is 10.1. The van der Waals surface area contributed by atoms with E-state index >= 15 is 0 Å². The highest BCUT2D eigenvalue weighted by Gasteiger charge is 2.19. The molecular formula is C13H17ClN2O. The first-order valence-electron chi connectivity index (χ1n) is 5.92. The van der Waals surface area contributed by atoms with E-state index in [1.165, 1.54) is 0 Å². The molecule has 1 aromatic rings. The standard InChI is InChI=1S/C13H17ClN2O/c14-11-5-3-10(4-6-11)13(17)9-16-7-1-2-12(15)8-16/h3-6,12H,1-2,7-9,15H2/t12-/m0/s1. The van der Waals surface area contributed by atoms with E-state index < -0.39 is 0 Å². The molecule has 1 aliphatic heterocycles. The van der Waals surface area contributed by atoms with E-state index in [1.54, 1.807) is 24.3 Å². The van der Waals surface area contributed by atoms with Crippen molar-refractivity contribution in [2.24, 2.45) is 5.73 Å². The number of nitrogens with zero attached hydrogens (tertiary/aromatic N) is 1. The van der Waals surface area contributed by atoms with Crippen molar-refractivity contribution >= 4 is 17.4 Å². The highest BCUT2D eigenvalue weighted by Crippen LogP contribution is 2.12. The SMILES string of the molecule is N[C@H]1CCCN(CC(=O)c2ccc(Cl)cc2)C1. The minimum Gasteiger partial charge on any atom is -0.327 e. The first-order valence-corrected chi connectivity index (χ1v) is 6.29. The van der Waals surface area contributed by atoms with Crippen LogP contribution in [0.5, 0.6) is 0 Å². The summed E-state index contributed by atoms with van der Waals surface area (Å²) in [6.45, 7) is 2.24. The lowest BCUT2D eigenvalue weighted by Gasteiger charge is -2.29. The van der Waals surface area contributed by atoms with Gasteiger partial charge in [0.25, 0.3) is 0 Å². The minimum atomic E-state index is 0.135. The lowest BCUT2D eigenvalue weighted by Crippen LogP contribution is -2.44. The number of hydrogen-bond donors (Lipinski definition) is 1. The first-order chi connectivity index (χ1) is 8.15. The number of benzene rings is 1. The molecule has 0 radical (unpaired) electrons. The van der Waals surface area contributed by atoms with Crippen LogP contribution in [-0.4, -0.2) is 36.4 Å². The van der Waals surface area contributed by atoms with E-state index in [1.807, 2.05) is 0 Å². The Kier molecular flexibility index (Phi) is 4.15. The molecule has 1 aromatic carbocycles. The summed E-state index contributed by atoms with van der Waals surface area (Å²) < 4.78 is 0. The molecule has 0 aromatic heterocycles. The predicted molar refractivity (Wildman–Crippen MR) is 69.4 cm³/mol. The topological polar surface area (TPSA) is 46.3 Å². The highest BCUT2D eigenvalue weighted by molar-refractivity contribution is 6.30. The van der Waals surface area contributed by atoms with Crippen LogP contribution < -0.4 is 5.73 Å². The number of carbonyl (C=O) groups excluding carboxylic acids is 1. The molecule has 2 rings (SSSR count). The van der Waals surface area contributed by atoms with Gasteiger partial charge in [0.05, 0.1) is 6.54 Å². The van der Waals surface area contributed by atoms with E-state index in [2.05, 4.69) is 4.90 Å². The van der Waals surface area contributed by atoms with Gasteiger partial charge in [-0.1, -0.05) is 11.6 Å². The van der Waals surface area contributed by atoms with Crippen LogP contribution in [0.3, 0.4) is 0 Å². The summed E-state index contributed by atoms with van der Waals surface area (Å²) in [6, 6.07) is 7.25. The zero-order chi connectivity index (χ0) is 12.3. The summed E-state index contributed by atoms with van der Waals surface area (Å²) in [5.41, 5.74) is 6.61. The Morgan fingerprint density at radius 2 is 2.12 bits per heavy atom. The molecule has 0 amide bonds. The molecule has 17 heavy (non-hydrogen) atoms. The summed E-state index contributed by atoms with van der Waals surface area (Å²) in [6.07, 6.45) is 2.14. The summed E-state index contributed by atoms with van der Waals surface area (Å²) in [5.74, 6) is 0.135. The number of hydrogen-bond acceptors (Lipinski definition) is 3. The first kappa shape index (κ1) is 12.6. The Morgan fingerprint density at radius 1 is 1.41 bits per heavy atom. The summed E-state index contributed by atoms with van der Waals surface area (Å²) in [4.78, 5) is 14.1. The van der Waals surface area contributed by atoms with Gasteiger partial charge >= 0.3 is 0 Å². The van der Waals surface area contributed by atoms with Gasteiger partial charge in [0, 0.05) is 23.2 Å². The van der Waals surface area contributed by atoms with Crippen molar-refractivity contribution in [2.45, 2.75) is 18.9 Å². The van der Waals surface area contributed by atoms with Gasteiger partial charge in [-0.05, 0) is 43.7 Å². The van der Waals surface area contributed by atoms with Crippen LogP contribution in [0.2, 0.25) is 5.02 Å². The zero-order valence-electron chi connectivity index (χ0n) is 9.73.